The summed E-state index contributed by atoms with van der Waals surface area (Å²) in [5.41, 5.74) is 4.69. The van der Waals surface area contributed by atoms with Gasteiger partial charge in [0, 0.05) is 61.0 Å². The van der Waals surface area contributed by atoms with Crippen molar-refractivity contribution in [3.63, 3.8) is 0 Å². The fraction of sp³-hybridized carbons (Fsp3) is 0.450. The van der Waals surface area contributed by atoms with Gasteiger partial charge in [0.05, 0.1) is 10.5 Å². The van der Waals surface area contributed by atoms with Crippen LogP contribution in [0.1, 0.15) is 25.0 Å². The zero-order chi connectivity index (χ0) is 18.8. The molecule has 0 radical (unpaired) electrons. The number of hydrogen-bond acceptors (Lipinski definition) is 3. The Morgan fingerprint density at radius 1 is 1.42 bits per heavy atom. The molecular weight excluding hydrogens is 392 g/mol. The van der Waals surface area contributed by atoms with Crippen molar-refractivity contribution >= 4 is 38.4 Å². The summed E-state index contributed by atoms with van der Waals surface area (Å²) in [7, 11) is 3.96. The lowest BCUT2D eigenvalue weighted by Crippen LogP contribution is -2.39. The van der Waals surface area contributed by atoms with Gasteiger partial charge >= 0.3 is 0 Å². The van der Waals surface area contributed by atoms with Crippen molar-refractivity contribution in [2.75, 3.05) is 26.7 Å². The molecule has 1 amide bonds. The molecule has 0 bridgehead atoms. The van der Waals surface area contributed by atoms with Crippen molar-refractivity contribution in [1.82, 2.24) is 20.1 Å². The molecule has 26 heavy (non-hydrogen) atoms. The predicted molar refractivity (Wildman–Crippen MR) is 111 cm³/mol. The molecule has 1 atom stereocenters. The zero-order valence-corrected chi connectivity index (χ0v) is 17.5. The highest BCUT2D eigenvalue weighted by Crippen LogP contribution is 2.37. The molecule has 6 heteroatoms. The van der Waals surface area contributed by atoms with Crippen molar-refractivity contribution < 1.29 is 4.79 Å². The maximum Gasteiger partial charge on any atom is 0.230 e. The van der Waals surface area contributed by atoms with Crippen molar-refractivity contribution in [3.05, 3.63) is 40.0 Å². The summed E-state index contributed by atoms with van der Waals surface area (Å²) in [5, 5.41) is 7.96. The second-order valence-corrected chi connectivity index (χ2v) is 7.39. The lowest BCUT2D eigenvalue weighted by atomic mass is 9.96. The Hall–Kier alpha value is -1.79. The Kier molecular flexibility index (Phi) is 5.73. The number of aryl methyl sites for hydroxylation is 1. The van der Waals surface area contributed by atoms with Crippen LogP contribution in [0.5, 0.6) is 0 Å². The van der Waals surface area contributed by atoms with Gasteiger partial charge in [0.25, 0.3) is 0 Å². The van der Waals surface area contributed by atoms with E-state index in [0.29, 0.717) is 6.54 Å². The summed E-state index contributed by atoms with van der Waals surface area (Å²) >= 11 is 3.71. The van der Waals surface area contributed by atoms with Crippen LogP contribution in [0.4, 0.5) is 0 Å². The lowest BCUT2D eigenvalue weighted by Gasteiger charge is -2.25. The number of nitrogens with one attached hydrogen (secondary N) is 2. The molecule has 2 aromatic rings. The number of aromatic nitrogens is 1. The fourth-order valence-electron chi connectivity index (χ4n) is 3.77. The van der Waals surface area contributed by atoms with Gasteiger partial charge in [-0.25, -0.2) is 0 Å². The third-order valence-corrected chi connectivity index (χ3v) is 6.19. The number of rotatable bonds is 6. The topological polar surface area (TPSA) is 49.3 Å². The van der Waals surface area contributed by atoms with E-state index >= 15 is 0 Å². The highest BCUT2D eigenvalue weighted by Gasteiger charge is 2.25. The molecule has 0 spiro atoms. The molecule has 0 aliphatic carbocycles. The number of benzene rings is 1. The molecule has 0 saturated carbocycles. The van der Waals surface area contributed by atoms with Gasteiger partial charge in [-0.15, -0.1) is 0 Å². The first-order valence-corrected chi connectivity index (χ1v) is 9.97. The number of amides is 1. The van der Waals surface area contributed by atoms with E-state index in [1.807, 2.05) is 25.8 Å². The van der Waals surface area contributed by atoms with Crippen LogP contribution in [0.25, 0.3) is 16.6 Å². The van der Waals surface area contributed by atoms with E-state index in [1.54, 1.807) is 0 Å². The third kappa shape index (κ3) is 3.16. The molecule has 1 aliphatic heterocycles. The fourth-order valence-corrected chi connectivity index (χ4v) is 4.30. The minimum absolute atomic E-state index is 0.172. The monoisotopic (exact) mass is 418 g/mol. The predicted octanol–water partition coefficient (Wildman–Crippen LogP) is 3.09. The smallest absolute Gasteiger partial charge is 0.230 e. The molecular formula is C20H27BrN4O. The van der Waals surface area contributed by atoms with E-state index in [1.165, 1.54) is 22.0 Å². The number of carbonyl (C=O) groups is 1. The highest BCUT2D eigenvalue weighted by atomic mass is 79.9. The molecule has 1 unspecified atom stereocenters. The van der Waals surface area contributed by atoms with Gasteiger partial charge < -0.3 is 20.1 Å². The number of halogens is 1. The van der Waals surface area contributed by atoms with Crippen LogP contribution < -0.4 is 10.6 Å². The molecule has 1 aliphatic rings. The molecule has 2 N–H and O–H groups in total. The van der Waals surface area contributed by atoms with Gasteiger partial charge in [-0.1, -0.05) is 12.1 Å². The van der Waals surface area contributed by atoms with E-state index in [4.69, 9.17) is 0 Å². The second kappa shape index (κ2) is 7.84. The Labute approximate surface area is 163 Å². The summed E-state index contributed by atoms with van der Waals surface area (Å²) in [4.78, 5) is 14.8. The van der Waals surface area contributed by atoms with Crippen molar-refractivity contribution in [2.24, 2.45) is 13.0 Å². The van der Waals surface area contributed by atoms with Crippen LogP contribution in [-0.4, -0.2) is 42.1 Å². The van der Waals surface area contributed by atoms with Crippen LogP contribution in [0.15, 0.2) is 28.9 Å². The summed E-state index contributed by atoms with van der Waals surface area (Å²) in [6.07, 6.45) is 2.09. The Morgan fingerprint density at radius 2 is 2.15 bits per heavy atom. The molecule has 0 fully saturated rings. The minimum Gasteiger partial charge on any atom is -0.381 e. The third-order valence-electron chi connectivity index (χ3n) is 5.18. The maximum atomic E-state index is 12.9. The van der Waals surface area contributed by atoms with Crippen LogP contribution in [0.2, 0.25) is 0 Å². The highest BCUT2D eigenvalue weighted by molar-refractivity contribution is 9.10. The average Bonchev–Trinajstić information content (AvgIpc) is 2.90. The van der Waals surface area contributed by atoms with Gasteiger partial charge in [-0.3, -0.25) is 4.79 Å². The van der Waals surface area contributed by atoms with Crippen molar-refractivity contribution in [3.8, 4) is 0 Å². The number of hydrogen-bond donors (Lipinski definition) is 2. The van der Waals surface area contributed by atoms with Crippen molar-refractivity contribution in [1.29, 1.82) is 0 Å². The maximum absolute atomic E-state index is 12.9. The summed E-state index contributed by atoms with van der Waals surface area (Å²) in [6, 6.07) is 6.35. The molecule has 5 nitrogen and oxygen atoms in total. The Bertz CT molecular complexity index is 851. The molecule has 3 rings (SSSR count). The van der Waals surface area contributed by atoms with Crippen LogP contribution in [-0.2, 0) is 18.4 Å². The largest absolute Gasteiger partial charge is 0.381 e. The summed E-state index contributed by atoms with van der Waals surface area (Å²) in [5.74, 6) is -0.0165. The average molecular weight is 419 g/mol. The molecule has 1 aromatic heterocycles. The second-order valence-electron chi connectivity index (χ2n) is 6.64. The van der Waals surface area contributed by atoms with Gasteiger partial charge in [-0.05, 0) is 49.0 Å². The normalized spacial score (nSPS) is 16.0. The van der Waals surface area contributed by atoms with Crippen molar-refractivity contribution in [2.45, 2.75) is 20.4 Å². The SMILES string of the molecule is CCN(CC)C(=O)C(/C=C1\NCc2c(Br)n(C)c3cccc1c23)CNC. The van der Waals surface area contributed by atoms with Gasteiger partial charge in [-0.2, -0.15) is 0 Å². The number of carbonyl (C=O) groups excluding carboxylic acids is 1. The standard InChI is InChI=1S/C20H27BrN4O/c1-5-25(6-2)20(26)13(11-22-3)10-16-14-8-7-9-17-18(14)15(12-23-16)19(21)24(17)4/h7-10,13,22-23H,5-6,11-12H2,1-4H3/b16-10-. The molecule has 2 heterocycles. The first kappa shape index (κ1) is 19.0. The quantitative estimate of drug-likeness (QED) is 0.757. The van der Waals surface area contributed by atoms with Crippen LogP contribution in [0.3, 0.4) is 0 Å². The molecule has 1 aromatic carbocycles. The van der Waals surface area contributed by atoms with E-state index in [0.717, 1.165) is 29.9 Å². The lowest BCUT2D eigenvalue weighted by molar-refractivity contribution is -0.133. The zero-order valence-electron chi connectivity index (χ0n) is 15.9. The van der Waals surface area contributed by atoms with E-state index in [-0.39, 0.29) is 11.8 Å². The first-order valence-electron chi connectivity index (χ1n) is 9.18. The first-order chi connectivity index (χ1) is 12.5. The minimum atomic E-state index is -0.189. The van der Waals surface area contributed by atoms with Gasteiger partial charge in [0.2, 0.25) is 5.91 Å². The number of nitrogens with zero attached hydrogens (tertiary/aromatic N) is 2. The van der Waals surface area contributed by atoms with E-state index in [9.17, 15) is 4.79 Å². The van der Waals surface area contributed by atoms with Gasteiger partial charge in [0.15, 0.2) is 0 Å². The summed E-state index contributed by atoms with van der Waals surface area (Å²) in [6.45, 7) is 6.90. The van der Waals surface area contributed by atoms with Gasteiger partial charge in [0.1, 0.15) is 0 Å². The molecule has 0 saturated heterocycles. The van der Waals surface area contributed by atoms with Crippen LogP contribution in [0, 0.1) is 5.92 Å². The Morgan fingerprint density at radius 3 is 2.81 bits per heavy atom. The Balaban J connectivity index is 2.06. The molecule has 140 valence electrons. The van der Waals surface area contributed by atoms with E-state index < -0.39 is 0 Å². The summed E-state index contributed by atoms with van der Waals surface area (Å²) < 4.78 is 3.28. The van der Waals surface area contributed by atoms with Crippen LogP contribution >= 0.6 is 15.9 Å². The van der Waals surface area contributed by atoms with E-state index in [2.05, 4.69) is 62.5 Å².